The Hall–Kier alpha value is -1.79. The van der Waals surface area contributed by atoms with Gasteiger partial charge in [-0.05, 0) is 95.3 Å². The normalized spacial score (nSPS) is 28.7. The molecule has 1 N–H and O–H groups in total. The van der Waals surface area contributed by atoms with Gasteiger partial charge >= 0.3 is 0 Å². The van der Waals surface area contributed by atoms with Crippen LogP contribution in [-0.4, -0.2) is 56.0 Å². The molecule has 3 fully saturated rings. The number of nitrogens with one attached hydrogen (secondary N) is 1. The minimum absolute atomic E-state index is 0.152. The number of nitrogens with zero attached hydrogens (tertiary/aromatic N) is 1. The molecule has 1 atom stereocenters. The zero-order chi connectivity index (χ0) is 21.8. The molecule has 1 saturated carbocycles. The first-order valence-electron chi connectivity index (χ1n) is 12.8. The molecule has 1 amide bonds. The van der Waals surface area contributed by atoms with E-state index in [1.165, 1.54) is 57.3 Å². The van der Waals surface area contributed by atoms with E-state index >= 15 is 0 Å². The number of fused-ring (bicyclic) bond motifs is 1. The van der Waals surface area contributed by atoms with Crippen LogP contribution < -0.4 is 14.8 Å². The third-order valence-corrected chi connectivity index (χ3v) is 7.96. The lowest BCUT2D eigenvalue weighted by Gasteiger charge is -2.34. The lowest BCUT2D eigenvalue weighted by molar-refractivity contribution is -0.124. The fourth-order valence-corrected chi connectivity index (χ4v) is 6.00. The van der Waals surface area contributed by atoms with E-state index < -0.39 is 0 Å². The molecule has 4 aliphatic rings. The summed E-state index contributed by atoms with van der Waals surface area (Å²) in [5.74, 6) is 3.46. The van der Waals surface area contributed by atoms with Crippen molar-refractivity contribution in [3.8, 4) is 11.5 Å². The Morgan fingerprint density at radius 3 is 2.66 bits per heavy atom. The summed E-state index contributed by atoms with van der Waals surface area (Å²) in [5.41, 5.74) is 1.33. The van der Waals surface area contributed by atoms with Crippen molar-refractivity contribution in [1.29, 1.82) is 0 Å². The van der Waals surface area contributed by atoms with Gasteiger partial charge in [0.15, 0.2) is 11.5 Å². The van der Waals surface area contributed by atoms with Crippen molar-refractivity contribution in [2.75, 3.05) is 33.0 Å². The van der Waals surface area contributed by atoms with E-state index in [0.717, 1.165) is 49.7 Å². The number of likely N-dealkylation sites (tertiary alicyclic amines) is 1. The molecule has 1 aromatic rings. The summed E-state index contributed by atoms with van der Waals surface area (Å²) in [4.78, 5) is 14.9. The second kappa shape index (κ2) is 10.4. The Labute approximate surface area is 192 Å². The van der Waals surface area contributed by atoms with Crippen molar-refractivity contribution >= 4 is 5.91 Å². The molecule has 1 aliphatic carbocycles. The van der Waals surface area contributed by atoms with Gasteiger partial charge in [0.1, 0.15) is 0 Å². The summed E-state index contributed by atoms with van der Waals surface area (Å²) in [7, 11) is 0. The molecule has 5 rings (SSSR count). The van der Waals surface area contributed by atoms with E-state index in [0.29, 0.717) is 25.2 Å². The third-order valence-electron chi connectivity index (χ3n) is 7.96. The van der Waals surface area contributed by atoms with Gasteiger partial charge in [0.25, 0.3) is 0 Å². The molecule has 3 aliphatic heterocycles. The number of hydrogen-bond donors (Lipinski definition) is 1. The van der Waals surface area contributed by atoms with Gasteiger partial charge in [-0.2, -0.15) is 0 Å². The largest absolute Gasteiger partial charge is 0.454 e. The maximum Gasteiger partial charge on any atom is 0.231 e. The van der Waals surface area contributed by atoms with Crippen LogP contribution in [0.2, 0.25) is 0 Å². The smallest absolute Gasteiger partial charge is 0.231 e. The molecule has 1 unspecified atom stereocenters. The van der Waals surface area contributed by atoms with Crippen LogP contribution in [0.3, 0.4) is 0 Å². The van der Waals surface area contributed by atoms with Gasteiger partial charge in [-0.1, -0.05) is 12.1 Å². The molecule has 176 valence electrons. The highest BCUT2D eigenvalue weighted by Crippen LogP contribution is 2.42. The van der Waals surface area contributed by atoms with Crippen LogP contribution in [0.15, 0.2) is 18.2 Å². The molecular formula is C26H38N2O4. The third kappa shape index (κ3) is 5.40. The van der Waals surface area contributed by atoms with Gasteiger partial charge in [-0.3, -0.25) is 4.79 Å². The molecule has 2 saturated heterocycles. The van der Waals surface area contributed by atoms with Gasteiger partial charge in [0.05, 0.1) is 12.5 Å². The summed E-state index contributed by atoms with van der Waals surface area (Å²) in [6.45, 7) is 4.72. The SMILES string of the molecule is O=C(CC1CCCO1)NC1CCC(CCN2CCC(c3cccc4c3OCO4)CC2)CC1. The van der Waals surface area contributed by atoms with E-state index in [1.807, 2.05) is 6.07 Å². The quantitative estimate of drug-likeness (QED) is 0.685. The molecule has 32 heavy (non-hydrogen) atoms. The summed E-state index contributed by atoms with van der Waals surface area (Å²) >= 11 is 0. The maximum atomic E-state index is 12.3. The fraction of sp³-hybridized carbons (Fsp3) is 0.731. The van der Waals surface area contributed by atoms with Crippen LogP contribution in [0.5, 0.6) is 11.5 Å². The molecule has 0 bridgehead atoms. The molecular weight excluding hydrogens is 404 g/mol. The number of benzene rings is 1. The second-order valence-corrected chi connectivity index (χ2v) is 10.1. The van der Waals surface area contributed by atoms with Gasteiger partial charge in [0, 0.05) is 18.2 Å². The number of hydrogen-bond acceptors (Lipinski definition) is 5. The Morgan fingerprint density at radius 1 is 1.03 bits per heavy atom. The minimum Gasteiger partial charge on any atom is -0.454 e. The predicted octanol–water partition coefficient (Wildman–Crippen LogP) is 4.23. The molecule has 6 nitrogen and oxygen atoms in total. The van der Waals surface area contributed by atoms with Crippen molar-refractivity contribution in [3.63, 3.8) is 0 Å². The summed E-state index contributed by atoms with van der Waals surface area (Å²) in [6, 6.07) is 6.68. The van der Waals surface area contributed by atoms with Crippen LogP contribution in [0, 0.1) is 5.92 Å². The lowest BCUT2D eigenvalue weighted by atomic mass is 9.83. The Balaban J connectivity index is 0.988. The van der Waals surface area contributed by atoms with Crippen molar-refractivity contribution in [2.45, 2.75) is 82.3 Å². The standard InChI is InChI=1S/C26H38N2O4/c29-25(17-22-3-2-16-30-22)27-21-8-6-19(7-9-21)10-13-28-14-11-20(12-15-28)23-4-1-5-24-26(23)32-18-31-24/h1,4-5,19-22H,2-3,6-18H2,(H,27,29). The molecule has 0 aromatic heterocycles. The Morgan fingerprint density at radius 2 is 1.88 bits per heavy atom. The number of piperidine rings is 1. The number of rotatable bonds is 7. The monoisotopic (exact) mass is 442 g/mol. The van der Waals surface area contributed by atoms with E-state index in [9.17, 15) is 4.79 Å². The molecule has 6 heteroatoms. The predicted molar refractivity (Wildman–Crippen MR) is 123 cm³/mol. The van der Waals surface area contributed by atoms with Gasteiger partial charge in [-0.15, -0.1) is 0 Å². The topological polar surface area (TPSA) is 60.0 Å². The number of para-hydroxylation sites is 1. The first kappa shape index (κ1) is 22.0. The second-order valence-electron chi connectivity index (χ2n) is 10.1. The van der Waals surface area contributed by atoms with Crippen LogP contribution in [0.1, 0.15) is 75.7 Å². The number of amides is 1. The zero-order valence-corrected chi connectivity index (χ0v) is 19.2. The highest BCUT2D eigenvalue weighted by molar-refractivity contribution is 5.76. The zero-order valence-electron chi connectivity index (χ0n) is 19.2. The number of carbonyl (C=O) groups excluding carboxylic acids is 1. The van der Waals surface area contributed by atoms with Crippen LogP contribution >= 0.6 is 0 Å². The van der Waals surface area contributed by atoms with E-state index in [2.05, 4.69) is 22.3 Å². The van der Waals surface area contributed by atoms with Crippen LogP contribution in [-0.2, 0) is 9.53 Å². The summed E-state index contributed by atoms with van der Waals surface area (Å²) < 4.78 is 16.9. The first-order valence-corrected chi connectivity index (χ1v) is 12.8. The minimum atomic E-state index is 0.152. The lowest BCUT2D eigenvalue weighted by Crippen LogP contribution is -2.39. The van der Waals surface area contributed by atoms with E-state index in [4.69, 9.17) is 14.2 Å². The van der Waals surface area contributed by atoms with Gasteiger partial charge in [-0.25, -0.2) is 0 Å². The summed E-state index contributed by atoms with van der Waals surface area (Å²) in [6.07, 6.45) is 11.3. The molecule has 0 spiro atoms. The van der Waals surface area contributed by atoms with Crippen molar-refractivity contribution in [2.24, 2.45) is 5.92 Å². The highest BCUT2D eigenvalue weighted by Gasteiger charge is 2.28. The fourth-order valence-electron chi connectivity index (χ4n) is 6.00. The van der Waals surface area contributed by atoms with Crippen LogP contribution in [0.4, 0.5) is 0 Å². The molecule has 3 heterocycles. The van der Waals surface area contributed by atoms with Crippen molar-refractivity contribution in [1.82, 2.24) is 10.2 Å². The van der Waals surface area contributed by atoms with Crippen molar-refractivity contribution < 1.29 is 19.0 Å². The Kier molecular flexibility index (Phi) is 7.18. The van der Waals surface area contributed by atoms with Crippen LogP contribution in [0.25, 0.3) is 0 Å². The first-order chi connectivity index (χ1) is 15.7. The number of ether oxygens (including phenoxy) is 3. The number of carbonyl (C=O) groups is 1. The Bertz CT molecular complexity index is 763. The maximum absolute atomic E-state index is 12.3. The van der Waals surface area contributed by atoms with Gasteiger partial charge < -0.3 is 24.4 Å². The molecule has 0 radical (unpaired) electrons. The van der Waals surface area contributed by atoms with Gasteiger partial charge in [0.2, 0.25) is 12.7 Å². The average Bonchev–Trinajstić information content (AvgIpc) is 3.51. The summed E-state index contributed by atoms with van der Waals surface area (Å²) in [5, 5.41) is 3.26. The average molecular weight is 443 g/mol. The van der Waals surface area contributed by atoms with Crippen molar-refractivity contribution in [3.05, 3.63) is 23.8 Å². The highest BCUT2D eigenvalue weighted by atomic mass is 16.7. The van der Waals surface area contributed by atoms with E-state index in [1.54, 1.807) is 0 Å². The molecule has 1 aromatic carbocycles. The van der Waals surface area contributed by atoms with E-state index in [-0.39, 0.29) is 12.0 Å².